The van der Waals surface area contributed by atoms with Crippen LogP contribution in [-0.4, -0.2) is 28.3 Å². The van der Waals surface area contributed by atoms with Crippen LogP contribution in [0.4, 0.5) is 5.69 Å². The molecule has 0 bridgehead atoms. The highest BCUT2D eigenvalue weighted by atomic mass is 16.5. The number of hydrogen-bond acceptors (Lipinski definition) is 5. The molecule has 1 heterocycles. The molecule has 0 saturated carbocycles. The summed E-state index contributed by atoms with van der Waals surface area (Å²) in [6.45, 7) is 5.79. The summed E-state index contributed by atoms with van der Waals surface area (Å²) >= 11 is 0. The Morgan fingerprint density at radius 1 is 1.07 bits per heavy atom. The summed E-state index contributed by atoms with van der Waals surface area (Å²) in [5.41, 5.74) is 2.57. The van der Waals surface area contributed by atoms with E-state index in [9.17, 15) is 14.4 Å². The fraction of sp³-hybridized carbons (Fsp3) is 0.273. The number of esters is 1. The molecule has 0 aliphatic heterocycles. The molecule has 0 radical (unpaired) electrons. The van der Waals surface area contributed by atoms with Gasteiger partial charge in [0.15, 0.2) is 12.3 Å². The van der Waals surface area contributed by atoms with Gasteiger partial charge in [0, 0.05) is 17.6 Å². The second-order valence-corrected chi connectivity index (χ2v) is 6.85. The average Bonchev–Trinajstić information content (AvgIpc) is 2.71. The van der Waals surface area contributed by atoms with Gasteiger partial charge < -0.3 is 10.1 Å². The summed E-state index contributed by atoms with van der Waals surface area (Å²) in [5.74, 6) is -1.20. The number of nitrogens with zero attached hydrogens (tertiary/aromatic N) is 2. The van der Waals surface area contributed by atoms with E-state index in [0.717, 1.165) is 11.1 Å². The number of aromatic nitrogens is 2. The lowest BCUT2D eigenvalue weighted by Gasteiger charge is -2.11. The minimum absolute atomic E-state index is 0.0210. The summed E-state index contributed by atoms with van der Waals surface area (Å²) in [6, 6.07) is 12.3. The third kappa shape index (κ3) is 4.51. The summed E-state index contributed by atoms with van der Waals surface area (Å²) in [6.07, 6.45) is 0.693. The van der Waals surface area contributed by atoms with Crippen LogP contribution >= 0.6 is 0 Å². The molecule has 7 heteroatoms. The van der Waals surface area contributed by atoms with Gasteiger partial charge in [-0.25, -0.2) is 9.48 Å². The molecule has 29 heavy (non-hydrogen) atoms. The number of carbonyl (C=O) groups excluding carboxylic acids is 2. The zero-order valence-electron chi connectivity index (χ0n) is 16.7. The minimum atomic E-state index is -0.749. The van der Waals surface area contributed by atoms with Crippen molar-refractivity contribution >= 4 is 28.3 Å². The fourth-order valence-electron chi connectivity index (χ4n) is 2.96. The first-order chi connectivity index (χ1) is 13.9. The van der Waals surface area contributed by atoms with Crippen LogP contribution in [0.25, 0.3) is 10.8 Å². The normalized spacial score (nSPS) is 10.7. The standard InChI is InChI=1S/C22H23N3O4/c1-4-11-25-21(27)18-8-6-5-7-17(18)20(24-25)22(28)29-13-19(26)23-16-10-9-14(2)15(3)12-16/h5-10,12H,4,11,13H2,1-3H3,(H,23,26). The van der Waals surface area contributed by atoms with Crippen molar-refractivity contribution in [3.8, 4) is 0 Å². The van der Waals surface area contributed by atoms with Gasteiger partial charge >= 0.3 is 5.97 Å². The van der Waals surface area contributed by atoms with Crippen LogP contribution in [0.15, 0.2) is 47.3 Å². The number of hydrogen-bond donors (Lipinski definition) is 1. The molecule has 0 saturated heterocycles. The molecule has 1 aromatic heterocycles. The predicted molar refractivity (Wildman–Crippen MR) is 111 cm³/mol. The molecular weight excluding hydrogens is 370 g/mol. The minimum Gasteiger partial charge on any atom is -0.451 e. The number of anilines is 1. The van der Waals surface area contributed by atoms with Crippen molar-refractivity contribution < 1.29 is 14.3 Å². The van der Waals surface area contributed by atoms with Gasteiger partial charge in [-0.1, -0.05) is 31.2 Å². The first-order valence-corrected chi connectivity index (χ1v) is 9.44. The zero-order valence-corrected chi connectivity index (χ0v) is 16.7. The fourth-order valence-corrected chi connectivity index (χ4v) is 2.96. The van der Waals surface area contributed by atoms with E-state index in [1.54, 1.807) is 30.3 Å². The van der Waals surface area contributed by atoms with E-state index in [0.29, 0.717) is 29.4 Å². The van der Waals surface area contributed by atoms with E-state index in [1.807, 2.05) is 32.9 Å². The number of carbonyl (C=O) groups is 2. The van der Waals surface area contributed by atoms with Crippen LogP contribution in [0.3, 0.4) is 0 Å². The topological polar surface area (TPSA) is 90.3 Å². The lowest BCUT2D eigenvalue weighted by molar-refractivity contribution is -0.119. The monoisotopic (exact) mass is 393 g/mol. The van der Waals surface area contributed by atoms with E-state index in [-0.39, 0.29) is 11.3 Å². The van der Waals surface area contributed by atoms with Crippen LogP contribution in [0.5, 0.6) is 0 Å². The van der Waals surface area contributed by atoms with Crippen LogP contribution in [0.2, 0.25) is 0 Å². The lowest BCUT2D eigenvalue weighted by atomic mass is 10.1. The SMILES string of the molecule is CCCn1nc(C(=O)OCC(=O)Nc2ccc(C)c(C)c2)c2ccccc2c1=O. The van der Waals surface area contributed by atoms with Crippen molar-refractivity contribution in [3.63, 3.8) is 0 Å². The number of fused-ring (bicyclic) bond motifs is 1. The largest absolute Gasteiger partial charge is 0.451 e. The van der Waals surface area contributed by atoms with Crippen molar-refractivity contribution in [2.24, 2.45) is 0 Å². The summed E-state index contributed by atoms with van der Waals surface area (Å²) in [4.78, 5) is 37.3. The highest BCUT2D eigenvalue weighted by Crippen LogP contribution is 2.16. The van der Waals surface area contributed by atoms with Crippen LogP contribution in [-0.2, 0) is 16.1 Å². The molecule has 7 nitrogen and oxygen atoms in total. The summed E-state index contributed by atoms with van der Waals surface area (Å²) in [5, 5.41) is 7.67. The van der Waals surface area contributed by atoms with Gasteiger partial charge in [0.1, 0.15) is 0 Å². The zero-order chi connectivity index (χ0) is 21.0. The second kappa shape index (κ2) is 8.68. The molecule has 1 amide bonds. The molecule has 0 aliphatic rings. The van der Waals surface area contributed by atoms with Gasteiger partial charge in [-0.15, -0.1) is 0 Å². The van der Waals surface area contributed by atoms with Crippen LogP contribution in [0, 0.1) is 13.8 Å². The van der Waals surface area contributed by atoms with E-state index in [2.05, 4.69) is 10.4 Å². The van der Waals surface area contributed by atoms with Gasteiger partial charge in [-0.3, -0.25) is 9.59 Å². The first-order valence-electron chi connectivity index (χ1n) is 9.44. The highest BCUT2D eigenvalue weighted by Gasteiger charge is 2.19. The molecular formula is C22H23N3O4. The smallest absolute Gasteiger partial charge is 0.359 e. The molecule has 3 aromatic rings. The number of amides is 1. The Hall–Kier alpha value is -3.48. The molecule has 2 aromatic carbocycles. The third-order valence-corrected chi connectivity index (χ3v) is 4.62. The quantitative estimate of drug-likeness (QED) is 0.650. The van der Waals surface area contributed by atoms with E-state index in [4.69, 9.17) is 4.74 Å². The molecule has 0 aliphatic carbocycles. The van der Waals surface area contributed by atoms with Gasteiger partial charge in [0.2, 0.25) is 0 Å². The number of ether oxygens (including phenoxy) is 1. The van der Waals surface area contributed by atoms with Crippen molar-refractivity contribution in [1.29, 1.82) is 0 Å². The Kier molecular flexibility index (Phi) is 6.07. The van der Waals surface area contributed by atoms with Gasteiger partial charge in [0.05, 0.1) is 5.39 Å². The van der Waals surface area contributed by atoms with Crippen molar-refractivity contribution in [2.75, 3.05) is 11.9 Å². The van der Waals surface area contributed by atoms with Crippen LogP contribution in [0.1, 0.15) is 35.0 Å². The maximum Gasteiger partial charge on any atom is 0.359 e. The van der Waals surface area contributed by atoms with E-state index >= 15 is 0 Å². The Morgan fingerprint density at radius 3 is 2.48 bits per heavy atom. The maximum absolute atomic E-state index is 12.6. The van der Waals surface area contributed by atoms with Gasteiger partial charge in [-0.05, 0) is 49.6 Å². The molecule has 3 rings (SSSR count). The second-order valence-electron chi connectivity index (χ2n) is 6.85. The van der Waals surface area contributed by atoms with Crippen LogP contribution < -0.4 is 10.9 Å². The van der Waals surface area contributed by atoms with E-state index < -0.39 is 18.5 Å². The van der Waals surface area contributed by atoms with Gasteiger partial charge in [0.25, 0.3) is 11.5 Å². The molecule has 0 atom stereocenters. The maximum atomic E-state index is 12.6. The number of nitrogens with one attached hydrogen (secondary N) is 1. The Labute approximate surface area is 168 Å². The van der Waals surface area contributed by atoms with Crippen molar-refractivity contribution in [3.05, 3.63) is 69.6 Å². The van der Waals surface area contributed by atoms with E-state index in [1.165, 1.54) is 4.68 Å². The predicted octanol–water partition coefficient (Wildman–Crippen LogP) is 3.22. The Morgan fingerprint density at radius 2 is 1.79 bits per heavy atom. The average molecular weight is 393 g/mol. The summed E-state index contributed by atoms with van der Waals surface area (Å²) in [7, 11) is 0. The Balaban J connectivity index is 1.77. The van der Waals surface area contributed by atoms with Gasteiger partial charge in [-0.2, -0.15) is 5.10 Å². The number of rotatable bonds is 6. The lowest BCUT2D eigenvalue weighted by Crippen LogP contribution is -2.27. The Bertz CT molecular complexity index is 1130. The molecule has 0 spiro atoms. The summed E-state index contributed by atoms with van der Waals surface area (Å²) < 4.78 is 6.43. The number of aryl methyl sites for hydroxylation is 3. The van der Waals surface area contributed by atoms with Crippen molar-refractivity contribution in [2.45, 2.75) is 33.7 Å². The molecule has 0 fully saturated rings. The first kappa shape index (κ1) is 20.3. The third-order valence-electron chi connectivity index (χ3n) is 4.62. The molecule has 0 unspecified atom stereocenters. The van der Waals surface area contributed by atoms with Crippen molar-refractivity contribution in [1.82, 2.24) is 9.78 Å². The highest BCUT2D eigenvalue weighted by molar-refractivity contribution is 6.03. The molecule has 1 N–H and O–H groups in total. The molecule has 150 valence electrons. The number of benzene rings is 2.